The quantitative estimate of drug-likeness (QED) is 0.741. The summed E-state index contributed by atoms with van der Waals surface area (Å²) < 4.78 is 5.79. The molecule has 116 valence electrons. The highest BCUT2D eigenvalue weighted by Gasteiger charge is 2.71. The van der Waals surface area contributed by atoms with Crippen molar-refractivity contribution >= 4 is 0 Å². The Balaban J connectivity index is 2.34. The van der Waals surface area contributed by atoms with E-state index in [0.717, 1.165) is 5.56 Å². The van der Waals surface area contributed by atoms with Crippen molar-refractivity contribution in [2.45, 2.75) is 24.4 Å². The lowest BCUT2D eigenvalue weighted by Crippen LogP contribution is -2.59. The summed E-state index contributed by atoms with van der Waals surface area (Å²) in [6.07, 6.45) is 4.59. The van der Waals surface area contributed by atoms with Gasteiger partial charge in [0.1, 0.15) is 5.60 Å². The molecule has 5 heteroatoms. The molecule has 2 aliphatic rings. The number of nitriles is 4. The molecule has 1 aromatic carbocycles. The van der Waals surface area contributed by atoms with Gasteiger partial charge in [-0.05, 0) is 18.4 Å². The highest BCUT2D eigenvalue weighted by Crippen LogP contribution is 2.61. The minimum absolute atomic E-state index is 0.401. The first kappa shape index (κ1) is 15.8. The van der Waals surface area contributed by atoms with E-state index in [9.17, 15) is 21.0 Å². The Hall–Kier alpha value is -3.12. The van der Waals surface area contributed by atoms with Crippen molar-refractivity contribution in [3.8, 4) is 24.3 Å². The van der Waals surface area contributed by atoms with Crippen molar-refractivity contribution in [1.29, 1.82) is 21.0 Å². The fourth-order valence-electron chi connectivity index (χ4n) is 3.92. The van der Waals surface area contributed by atoms with E-state index in [0.29, 0.717) is 19.4 Å². The molecule has 24 heavy (non-hydrogen) atoms. The number of allylic oxidation sites excluding steroid dienone is 1. The molecule has 1 heterocycles. The summed E-state index contributed by atoms with van der Waals surface area (Å²) in [7, 11) is 0. The van der Waals surface area contributed by atoms with E-state index in [-0.39, 0.29) is 0 Å². The number of ether oxygens (including phenoxy) is 1. The van der Waals surface area contributed by atoms with E-state index in [1.807, 2.05) is 30.3 Å². The Labute approximate surface area is 140 Å². The van der Waals surface area contributed by atoms with Gasteiger partial charge in [0.15, 0.2) is 5.41 Å². The van der Waals surface area contributed by atoms with Crippen LogP contribution in [-0.2, 0) is 4.74 Å². The Morgan fingerprint density at radius 3 is 2.12 bits per heavy atom. The van der Waals surface area contributed by atoms with E-state index in [4.69, 9.17) is 4.74 Å². The zero-order valence-corrected chi connectivity index (χ0v) is 12.9. The number of rotatable bonds is 1. The molecule has 2 atom stereocenters. The summed E-state index contributed by atoms with van der Waals surface area (Å²) >= 11 is 0. The normalized spacial score (nSPS) is 29.1. The molecule has 1 aliphatic heterocycles. The van der Waals surface area contributed by atoms with Gasteiger partial charge in [0, 0.05) is 12.5 Å². The van der Waals surface area contributed by atoms with Crippen LogP contribution >= 0.6 is 0 Å². The molecule has 3 rings (SSSR count). The van der Waals surface area contributed by atoms with Crippen molar-refractivity contribution in [1.82, 2.24) is 0 Å². The van der Waals surface area contributed by atoms with Crippen LogP contribution in [0.3, 0.4) is 0 Å². The minimum Gasteiger partial charge on any atom is -0.368 e. The van der Waals surface area contributed by atoms with Gasteiger partial charge in [-0.25, -0.2) is 0 Å². The molecule has 0 aromatic heterocycles. The van der Waals surface area contributed by atoms with E-state index in [1.54, 1.807) is 36.4 Å². The molecule has 5 nitrogen and oxygen atoms in total. The molecule has 1 saturated heterocycles. The lowest BCUT2D eigenvalue weighted by molar-refractivity contribution is -0.0524. The zero-order valence-electron chi connectivity index (χ0n) is 12.9. The average molecular weight is 314 g/mol. The molecule has 0 amide bonds. The van der Waals surface area contributed by atoms with Crippen LogP contribution in [0.15, 0.2) is 42.5 Å². The predicted octanol–water partition coefficient (Wildman–Crippen LogP) is 2.96. The zero-order chi connectivity index (χ0) is 17.3. The molecule has 0 bridgehead atoms. The van der Waals surface area contributed by atoms with Crippen molar-refractivity contribution in [2.24, 2.45) is 10.8 Å². The van der Waals surface area contributed by atoms with Crippen molar-refractivity contribution in [3.63, 3.8) is 0 Å². The molecule has 1 fully saturated rings. The average Bonchev–Trinajstić information content (AvgIpc) is 3.12. The summed E-state index contributed by atoms with van der Waals surface area (Å²) in [6, 6.07) is 17.1. The Kier molecular flexibility index (Phi) is 3.62. The topological polar surface area (TPSA) is 104 Å². The van der Waals surface area contributed by atoms with Crippen molar-refractivity contribution < 1.29 is 4.74 Å². The lowest BCUT2D eigenvalue weighted by atomic mass is 9.49. The summed E-state index contributed by atoms with van der Waals surface area (Å²) in [4.78, 5) is 0. The van der Waals surface area contributed by atoms with Gasteiger partial charge in [-0.1, -0.05) is 42.5 Å². The fraction of sp³-hybridized carbons (Fsp3) is 0.368. The molecular formula is C19H14N4O. The van der Waals surface area contributed by atoms with E-state index >= 15 is 0 Å². The van der Waals surface area contributed by atoms with Crippen LogP contribution in [0.4, 0.5) is 0 Å². The van der Waals surface area contributed by atoms with Crippen LogP contribution in [0.5, 0.6) is 0 Å². The second-order valence-electron chi connectivity index (χ2n) is 6.09. The first-order chi connectivity index (χ1) is 11.7. The standard InChI is InChI=1S/C19H14N4O/c20-11-17(12-21)16(15-5-2-1-3-6-15)7-9-19(8-4-10-24-19)18(17,13-22)14-23/h1-3,5-7,9,16H,4,8,10H2/t16-,19+/m0/s1. The third-order valence-electron chi connectivity index (χ3n) is 5.15. The smallest absolute Gasteiger partial charge is 0.208 e. The van der Waals surface area contributed by atoms with Crippen LogP contribution in [0.2, 0.25) is 0 Å². The molecule has 0 unspecified atom stereocenters. The SMILES string of the molecule is N#CC1(C#N)[C@H](c2ccccc2)C=C[C@]2(CCCO2)C1(C#N)C#N. The second-order valence-corrected chi connectivity index (χ2v) is 6.09. The first-order valence-electron chi connectivity index (χ1n) is 7.68. The third kappa shape index (κ3) is 1.68. The van der Waals surface area contributed by atoms with Gasteiger partial charge >= 0.3 is 0 Å². The molecule has 1 spiro atoms. The van der Waals surface area contributed by atoms with Gasteiger partial charge in [-0.15, -0.1) is 0 Å². The Morgan fingerprint density at radius 1 is 0.958 bits per heavy atom. The van der Waals surface area contributed by atoms with Crippen molar-refractivity contribution in [3.05, 3.63) is 48.0 Å². The molecule has 0 N–H and O–H groups in total. The Morgan fingerprint density at radius 2 is 1.62 bits per heavy atom. The summed E-state index contributed by atoms with van der Waals surface area (Å²) in [5.74, 6) is -0.678. The van der Waals surface area contributed by atoms with Crippen LogP contribution in [0.25, 0.3) is 0 Å². The van der Waals surface area contributed by atoms with Crippen LogP contribution in [-0.4, -0.2) is 12.2 Å². The van der Waals surface area contributed by atoms with E-state index in [1.165, 1.54) is 0 Å². The van der Waals surface area contributed by atoms with E-state index < -0.39 is 22.3 Å². The number of benzene rings is 1. The largest absolute Gasteiger partial charge is 0.368 e. The third-order valence-corrected chi connectivity index (χ3v) is 5.15. The molecule has 1 aromatic rings. The van der Waals surface area contributed by atoms with Crippen molar-refractivity contribution in [2.75, 3.05) is 6.61 Å². The second kappa shape index (κ2) is 5.50. The predicted molar refractivity (Wildman–Crippen MR) is 83.6 cm³/mol. The van der Waals surface area contributed by atoms with Gasteiger partial charge in [-0.2, -0.15) is 21.0 Å². The van der Waals surface area contributed by atoms with E-state index in [2.05, 4.69) is 0 Å². The van der Waals surface area contributed by atoms with Crippen LogP contribution < -0.4 is 0 Å². The summed E-state index contributed by atoms with van der Waals surface area (Å²) in [6.45, 7) is 0.401. The molecule has 0 radical (unpaired) electrons. The maximum absolute atomic E-state index is 9.95. The summed E-state index contributed by atoms with van der Waals surface area (Å²) in [5, 5.41) is 39.8. The fourth-order valence-corrected chi connectivity index (χ4v) is 3.92. The molecule has 0 saturated carbocycles. The maximum Gasteiger partial charge on any atom is 0.208 e. The highest BCUT2D eigenvalue weighted by molar-refractivity contribution is 5.51. The lowest BCUT2D eigenvalue weighted by Gasteiger charge is -2.48. The van der Waals surface area contributed by atoms with Gasteiger partial charge in [0.05, 0.1) is 24.3 Å². The number of nitrogens with zero attached hydrogens (tertiary/aromatic N) is 4. The maximum atomic E-state index is 9.95. The highest BCUT2D eigenvalue weighted by atomic mass is 16.5. The monoisotopic (exact) mass is 314 g/mol. The molecule has 1 aliphatic carbocycles. The van der Waals surface area contributed by atoms with Crippen LogP contribution in [0, 0.1) is 56.2 Å². The number of hydrogen-bond acceptors (Lipinski definition) is 5. The first-order valence-corrected chi connectivity index (χ1v) is 7.68. The molecular weight excluding hydrogens is 300 g/mol. The number of hydrogen-bond donors (Lipinski definition) is 0. The minimum atomic E-state index is -1.89. The van der Waals surface area contributed by atoms with Gasteiger partial charge in [0.2, 0.25) is 5.41 Å². The Bertz CT molecular complexity index is 811. The summed E-state index contributed by atoms with van der Waals surface area (Å²) in [5.41, 5.74) is -4.24. The van der Waals surface area contributed by atoms with Gasteiger partial charge in [0.25, 0.3) is 0 Å². The van der Waals surface area contributed by atoms with Gasteiger partial charge in [-0.3, -0.25) is 0 Å². The van der Waals surface area contributed by atoms with Gasteiger partial charge < -0.3 is 4.74 Å². The van der Waals surface area contributed by atoms with Crippen LogP contribution in [0.1, 0.15) is 24.3 Å².